The lowest BCUT2D eigenvalue weighted by Gasteiger charge is -2.31. The Bertz CT molecular complexity index is 672. The van der Waals surface area contributed by atoms with E-state index in [-0.39, 0.29) is 0 Å². The molecular formula is C20H31NO7. The lowest BCUT2D eigenvalue weighted by atomic mass is 9.97. The van der Waals surface area contributed by atoms with Crippen molar-refractivity contribution in [2.45, 2.75) is 64.9 Å². The van der Waals surface area contributed by atoms with Crippen molar-refractivity contribution >= 4 is 12.1 Å². The summed E-state index contributed by atoms with van der Waals surface area (Å²) in [6, 6.07) is 3.87. The van der Waals surface area contributed by atoms with Gasteiger partial charge in [0, 0.05) is 11.6 Å². The number of nitrogens with one attached hydrogen (secondary N) is 1. The van der Waals surface area contributed by atoms with Gasteiger partial charge in [0.2, 0.25) is 0 Å². The average molecular weight is 397 g/mol. The molecule has 1 aromatic rings. The first-order valence-electron chi connectivity index (χ1n) is 8.92. The highest BCUT2D eigenvalue weighted by atomic mass is 16.6. The van der Waals surface area contributed by atoms with Crippen LogP contribution in [0.15, 0.2) is 18.2 Å². The fraction of sp³-hybridized carbons (Fsp3) is 0.600. The van der Waals surface area contributed by atoms with Crippen LogP contribution in [-0.2, 0) is 19.9 Å². The first-order valence-corrected chi connectivity index (χ1v) is 8.92. The van der Waals surface area contributed by atoms with Crippen LogP contribution in [0.5, 0.6) is 11.5 Å². The van der Waals surface area contributed by atoms with Crippen molar-refractivity contribution in [3.05, 3.63) is 23.8 Å². The van der Waals surface area contributed by atoms with E-state index in [1.165, 1.54) is 14.2 Å². The second-order valence-electron chi connectivity index (χ2n) is 7.90. The van der Waals surface area contributed by atoms with E-state index in [1.807, 2.05) is 0 Å². The van der Waals surface area contributed by atoms with E-state index in [0.717, 1.165) is 0 Å². The first kappa shape index (κ1) is 23.6. The van der Waals surface area contributed by atoms with Crippen LogP contribution in [0.3, 0.4) is 0 Å². The Kier molecular flexibility index (Phi) is 7.69. The second-order valence-corrected chi connectivity index (χ2v) is 7.90. The van der Waals surface area contributed by atoms with E-state index in [4.69, 9.17) is 18.9 Å². The standard InChI is InChI=1S/C20H31NO7/c1-12(27-19(2,3)4)16(17(22)23)21-18(24)28-20(5,6)13-9-14(25-7)11-15(10-13)26-8/h9-12,16H,1-8H3,(H,21,24)(H,22,23)/t12-,16+/m1/s1. The van der Waals surface area contributed by atoms with Crippen molar-refractivity contribution in [1.82, 2.24) is 5.32 Å². The van der Waals surface area contributed by atoms with Gasteiger partial charge in [0.25, 0.3) is 0 Å². The summed E-state index contributed by atoms with van der Waals surface area (Å²) in [6.45, 7) is 10.4. The van der Waals surface area contributed by atoms with Gasteiger partial charge in [-0.3, -0.25) is 0 Å². The fourth-order valence-corrected chi connectivity index (χ4v) is 2.61. The number of benzene rings is 1. The molecule has 0 saturated carbocycles. The molecule has 2 atom stereocenters. The van der Waals surface area contributed by atoms with Crippen LogP contribution < -0.4 is 14.8 Å². The maximum atomic E-state index is 12.4. The number of carbonyl (C=O) groups excluding carboxylic acids is 1. The van der Waals surface area contributed by atoms with Crippen LogP contribution in [0, 0.1) is 0 Å². The third kappa shape index (κ3) is 6.92. The van der Waals surface area contributed by atoms with Crippen LogP contribution in [0.1, 0.15) is 47.1 Å². The summed E-state index contributed by atoms with van der Waals surface area (Å²) < 4.78 is 21.6. The van der Waals surface area contributed by atoms with Gasteiger partial charge in [-0.2, -0.15) is 0 Å². The zero-order valence-electron chi connectivity index (χ0n) is 17.8. The molecule has 2 N–H and O–H groups in total. The largest absolute Gasteiger partial charge is 0.497 e. The Morgan fingerprint density at radius 3 is 1.89 bits per heavy atom. The van der Waals surface area contributed by atoms with E-state index in [2.05, 4.69) is 5.32 Å². The smallest absolute Gasteiger partial charge is 0.408 e. The summed E-state index contributed by atoms with van der Waals surface area (Å²) in [5, 5.41) is 11.8. The van der Waals surface area contributed by atoms with Crippen molar-refractivity contribution in [1.29, 1.82) is 0 Å². The second kappa shape index (κ2) is 9.14. The number of methoxy groups -OCH3 is 2. The predicted octanol–water partition coefficient (Wildman–Crippen LogP) is 3.32. The zero-order valence-corrected chi connectivity index (χ0v) is 17.8. The van der Waals surface area contributed by atoms with Crippen LogP contribution in [0.2, 0.25) is 0 Å². The molecule has 1 rings (SSSR count). The summed E-state index contributed by atoms with van der Waals surface area (Å²) in [5.41, 5.74) is -0.997. The third-order valence-corrected chi connectivity index (χ3v) is 3.94. The van der Waals surface area contributed by atoms with Gasteiger partial charge in [-0.15, -0.1) is 0 Å². The van der Waals surface area contributed by atoms with E-state index in [0.29, 0.717) is 17.1 Å². The molecule has 158 valence electrons. The zero-order chi connectivity index (χ0) is 21.7. The predicted molar refractivity (Wildman–Crippen MR) is 104 cm³/mol. The van der Waals surface area contributed by atoms with Gasteiger partial charge >= 0.3 is 12.1 Å². The molecule has 0 saturated heterocycles. The monoisotopic (exact) mass is 397 g/mol. The van der Waals surface area contributed by atoms with Crippen LogP contribution >= 0.6 is 0 Å². The van der Waals surface area contributed by atoms with Crippen molar-refractivity contribution in [3.63, 3.8) is 0 Å². The summed E-state index contributed by atoms with van der Waals surface area (Å²) in [6.07, 6.45) is -1.63. The molecule has 28 heavy (non-hydrogen) atoms. The highest BCUT2D eigenvalue weighted by Gasteiger charge is 2.33. The molecule has 1 aromatic carbocycles. The number of rotatable bonds is 8. The number of hydrogen-bond acceptors (Lipinski definition) is 6. The minimum absolute atomic E-state index is 0.544. The molecular weight excluding hydrogens is 366 g/mol. The highest BCUT2D eigenvalue weighted by Crippen LogP contribution is 2.32. The minimum Gasteiger partial charge on any atom is -0.497 e. The SMILES string of the molecule is COc1cc(OC)cc(C(C)(C)OC(=O)N[C@H](C(=O)O)[C@@H](C)OC(C)(C)C)c1. The molecule has 1 amide bonds. The Morgan fingerprint density at radius 2 is 1.50 bits per heavy atom. The Labute approximate surface area is 166 Å². The summed E-state index contributed by atoms with van der Waals surface area (Å²) >= 11 is 0. The Balaban J connectivity index is 2.96. The maximum absolute atomic E-state index is 12.4. The number of carbonyl (C=O) groups is 2. The molecule has 8 heteroatoms. The number of hydrogen-bond donors (Lipinski definition) is 2. The van der Waals surface area contributed by atoms with Gasteiger partial charge in [-0.25, -0.2) is 9.59 Å². The molecule has 0 fully saturated rings. The quantitative estimate of drug-likeness (QED) is 0.693. The lowest BCUT2D eigenvalue weighted by molar-refractivity contribution is -0.147. The van der Waals surface area contributed by atoms with Crippen LogP contribution in [-0.4, -0.2) is 49.1 Å². The molecule has 0 spiro atoms. The topological polar surface area (TPSA) is 103 Å². The summed E-state index contributed by atoms with van der Waals surface area (Å²) in [4.78, 5) is 24.0. The number of carboxylic acids is 1. The molecule has 0 aromatic heterocycles. The van der Waals surface area contributed by atoms with Gasteiger partial charge in [0.15, 0.2) is 6.04 Å². The van der Waals surface area contributed by atoms with E-state index in [1.54, 1.807) is 59.7 Å². The summed E-state index contributed by atoms with van der Waals surface area (Å²) in [5.74, 6) is -0.126. The molecule has 0 bridgehead atoms. The maximum Gasteiger partial charge on any atom is 0.408 e. The molecule has 8 nitrogen and oxygen atoms in total. The van der Waals surface area contributed by atoms with E-state index in [9.17, 15) is 14.7 Å². The van der Waals surface area contributed by atoms with Gasteiger partial charge in [0.1, 0.15) is 17.1 Å². The van der Waals surface area contributed by atoms with Crippen LogP contribution in [0.4, 0.5) is 4.79 Å². The number of alkyl carbamates (subject to hydrolysis) is 1. The molecule has 0 aliphatic heterocycles. The third-order valence-electron chi connectivity index (χ3n) is 3.94. The number of aliphatic carboxylic acids is 1. The van der Waals surface area contributed by atoms with Gasteiger partial charge in [-0.1, -0.05) is 0 Å². The van der Waals surface area contributed by atoms with Gasteiger partial charge in [0.05, 0.1) is 25.9 Å². The molecule has 0 aliphatic rings. The van der Waals surface area contributed by atoms with Gasteiger partial charge < -0.3 is 29.4 Å². The Hall–Kier alpha value is -2.48. The van der Waals surface area contributed by atoms with E-state index >= 15 is 0 Å². The minimum atomic E-state index is -1.26. The Morgan fingerprint density at radius 1 is 1.00 bits per heavy atom. The lowest BCUT2D eigenvalue weighted by Crippen LogP contribution is -2.51. The molecule has 0 heterocycles. The van der Waals surface area contributed by atoms with E-state index < -0.39 is 35.4 Å². The molecule has 0 aliphatic carbocycles. The van der Waals surface area contributed by atoms with Crippen LogP contribution in [0.25, 0.3) is 0 Å². The first-order chi connectivity index (χ1) is 12.8. The molecule has 0 radical (unpaired) electrons. The highest BCUT2D eigenvalue weighted by molar-refractivity contribution is 5.80. The van der Waals surface area contributed by atoms with Crippen molar-refractivity contribution in [2.75, 3.05) is 14.2 Å². The fourth-order valence-electron chi connectivity index (χ4n) is 2.61. The normalized spacial score (nSPS) is 14.0. The van der Waals surface area contributed by atoms with Crippen molar-refractivity contribution < 1.29 is 33.6 Å². The average Bonchev–Trinajstić information content (AvgIpc) is 2.56. The van der Waals surface area contributed by atoms with Gasteiger partial charge in [-0.05, 0) is 53.7 Å². The summed E-state index contributed by atoms with van der Waals surface area (Å²) in [7, 11) is 3.04. The van der Waals surface area contributed by atoms with Crippen molar-refractivity contribution in [3.8, 4) is 11.5 Å². The number of amides is 1. The van der Waals surface area contributed by atoms with Crippen molar-refractivity contribution in [2.24, 2.45) is 0 Å². The number of ether oxygens (including phenoxy) is 4. The number of carboxylic acid groups (broad SMARTS) is 1. The molecule has 0 unspecified atom stereocenters.